The summed E-state index contributed by atoms with van der Waals surface area (Å²) in [5, 5.41) is 9.33. The summed E-state index contributed by atoms with van der Waals surface area (Å²) >= 11 is 3.62. The van der Waals surface area contributed by atoms with Gasteiger partial charge in [0, 0.05) is 23.6 Å². The number of rotatable bonds is 6. The zero-order chi connectivity index (χ0) is 15.2. The summed E-state index contributed by atoms with van der Waals surface area (Å²) in [4.78, 5) is 2.16. The minimum absolute atomic E-state index is 0.00997. The van der Waals surface area contributed by atoms with E-state index in [2.05, 4.69) is 45.1 Å². The molecular formula is C17H21BrN2O. The second kappa shape index (κ2) is 7.59. The number of hydrogen-bond acceptors (Lipinski definition) is 3. The molecule has 0 unspecified atom stereocenters. The van der Waals surface area contributed by atoms with Crippen LogP contribution in [0.3, 0.4) is 0 Å². The second-order valence-electron chi connectivity index (χ2n) is 5.13. The van der Waals surface area contributed by atoms with Crippen LogP contribution in [0, 0.1) is 0 Å². The maximum absolute atomic E-state index is 9.33. The van der Waals surface area contributed by atoms with E-state index in [-0.39, 0.29) is 12.6 Å². The van der Waals surface area contributed by atoms with Crippen molar-refractivity contribution in [3.8, 4) is 0 Å². The lowest BCUT2D eigenvalue weighted by Gasteiger charge is -2.26. The lowest BCUT2D eigenvalue weighted by Crippen LogP contribution is -2.26. The highest BCUT2D eigenvalue weighted by molar-refractivity contribution is 9.10. The van der Waals surface area contributed by atoms with Gasteiger partial charge < -0.3 is 15.7 Å². The Morgan fingerprint density at radius 3 is 2.48 bits per heavy atom. The van der Waals surface area contributed by atoms with E-state index < -0.39 is 0 Å². The number of aliphatic hydroxyl groups excluding tert-OH is 1. The Morgan fingerprint density at radius 1 is 1.19 bits per heavy atom. The Bertz CT molecular complexity index is 572. The molecular weight excluding hydrogens is 328 g/mol. The third-order valence-electron chi connectivity index (χ3n) is 3.42. The molecule has 0 amide bonds. The number of halogens is 1. The van der Waals surface area contributed by atoms with Gasteiger partial charge in [0.2, 0.25) is 0 Å². The quantitative estimate of drug-likeness (QED) is 0.840. The van der Waals surface area contributed by atoms with E-state index in [0.717, 1.165) is 22.3 Å². The maximum Gasteiger partial charge on any atom is 0.0606 e. The molecule has 2 rings (SSSR count). The van der Waals surface area contributed by atoms with E-state index in [1.165, 1.54) is 5.56 Å². The van der Waals surface area contributed by atoms with Crippen LogP contribution in [0.5, 0.6) is 0 Å². The molecule has 0 heterocycles. The molecule has 0 aliphatic carbocycles. The highest BCUT2D eigenvalue weighted by Crippen LogP contribution is 2.30. The van der Waals surface area contributed by atoms with Gasteiger partial charge in [-0.15, -0.1) is 0 Å². The number of benzene rings is 2. The lowest BCUT2D eigenvalue weighted by molar-refractivity contribution is 0.301. The van der Waals surface area contributed by atoms with Crippen molar-refractivity contribution >= 4 is 21.6 Å². The molecule has 0 aromatic heterocycles. The van der Waals surface area contributed by atoms with E-state index >= 15 is 0 Å². The Balaban J connectivity index is 2.25. The molecule has 0 fully saturated rings. The molecule has 0 bridgehead atoms. The molecule has 2 aromatic rings. The van der Waals surface area contributed by atoms with Crippen molar-refractivity contribution in [2.24, 2.45) is 5.73 Å². The first-order valence-electron chi connectivity index (χ1n) is 7.06. The lowest BCUT2D eigenvalue weighted by atomic mass is 10.1. The van der Waals surface area contributed by atoms with Gasteiger partial charge in [-0.2, -0.15) is 0 Å². The molecule has 0 saturated carbocycles. The zero-order valence-corrected chi connectivity index (χ0v) is 13.8. The Morgan fingerprint density at radius 2 is 1.90 bits per heavy atom. The first-order valence-corrected chi connectivity index (χ1v) is 7.86. The second-order valence-corrected chi connectivity index (χ2v) is 5.98. The van der Waals surface area contributed by atoms with Crippen molar-refractivity contribution in [3.05, 3.63) is 64.1 Å². The summed E-state index contributed by atoms with van der Waals surface area (Å²) in [5.41, 5.74) is 9.29. The average Bonchev–Trinajstić information content (AvgIpc) is 2.48. The van der Waals surface area contributed by atoms with Gasteiger partial charge in [0.25, 0.3) is 0 Å². The molecule has 112 valence electrons. The van der Waals surface area contributed by atoms with Crippen LogP contribution in [0.25, 0.3) is 0 Å². The van der Waals surface area contributed by atoms with Crippen LogP contribution < -0.4 is 10.6 Å². The molecule has 2 aromatic carbocycles. The third-order valence-corrected chi connectivity index (χ3v) is 4.06. The minimum Gasteiger partial charge on any atom is -0.395 e. The molecule has 1 atom stereocenters. The van der Waals surface area contributed by atoms with E-state index in [0.29, 0.717) is 6.54 Å². The van der Waals surface area contributed by atoms with Crippen molar-refractivity contribution in [2.75, 3.05) is 18.1 Å². The highest BCUT2D eigenvalue weighted by Gasteiger charge is 2.12. The van der Waals surface area contributed by atoms with Crippen LogP contribution in [0.4, 0.5) is 5.69 Å². The van der Waals surface area contributed by atoms with E-state index in [4.69, 9.17) is 5.73 Å². The summed E-state index contributed by atoms with van der Waals surface area (Å²) in [7, 11) is 0. The van der Waals surface area contributed by atoms with Gasteiger partial charge >= 0.3 is 0 Å². The van der Waals surface area contributed by atoms with E-state index in [1.54, 1.807) is 0 Å². The fourth-order valence-electron chi connectivity index (χ4n) is 2.27. The topological polar surface area (TPSA) is 49.5 Å². The molecule has 3 N–H and O–H groups in total. The van der Waals surface area contributed by atoms with Crippen LogP contribution in [0.1, 0.15) is 24.1 Å². The Hall–Kier alpha value is -1.36. The smallest absolute Gasteiger partial charge is 0.0606 e. The number of hydrogen-bond donors (Lipinski definition) is 2. The molecule has 21 heavy (non-hydrogen) atoms. The van der Waals surface area contributed by atoms with Gasteiger partial charge in [0.15, 0.2) is 0 Å². The molecule has 0 radical (unpaired) electrons. The molecule has 4 heteroatoms. The van der Waals surface area contributed by atoms with Crippen LogP contribution in [0.15, 0.2) is 53.0 Å². The van der Waals surface area contributed by atoms with Crippen molar-refractivity contribution in [2.45, 2.75) is 19.5 Å². The highest BCUT2D eigenvalue weighted by atomic mass is 79.9. The van der Waals surface area contributed by atoms with Crippen molar-refractivity contribution in [3.63, 3.8) is 0 Å². The number of anilines is 1. The van der Waals surface area contributed by atoms with Gasteiger partial charge in [0.05, 0.1) is 12.3 Å². The largest absolute Gasteiger partial charge is 0.395 e. The van der Waals surface area contributed by atoms with Gasteiger partial charge in [-0.25, -0.2) is 0 Å². The standard InChI is InChI=1S/C17H21BrN2O/c1-13(19)15-7-8-17(16(18)11-15)20(9-10-21)12-14-5-3-2-4-6-14/h2-8,11,13,21H,9-10,12,19H2,1H3/t13-/m1/s1. The predicted molar refractivity (Wildman–Crippen MR) is 91.3 cm³/mol. The Labute approximate surface area is 134 Å². The first kappa shape index (κ1) is 16.0. The molecule has 0 saturated heterocycles. The summed E-state index contributed by atoms with van der Waals surface area (Å²) in [6.45, 7) is 3.44. The third kappa shape index (κ3) is 4.30. The van der Waals surface area contributed by atoms with Gasteiger partial charge in [0.1, 0.15) is 0 Å². The van der Waals surface area contributed by atoms with Gasteiger partial charge in [-0.1, -0.05) is 36.4 Å². The van der Waals surface area contributed by atoms with Crippen LogP contribution >= 0.6 is 15.9 Å². The number of nitrogens with two attached hydrogens (primary N) is 1. The predicted octanol–water partition coefficient (Wildman–Crippen LogP) is 3.47. The fraction of sp³-hybridized carbons (Fsp3) is 0.294. The van der Waals surface area contributed by atoms with E-state index in [1.807, 2.05) is 31.2 Å². The summed E-state index contributed by atoms with van der Waals surface area (Å²) < 4.78 is 1.00. The number of aliphatic hydroxyl groups is 1. The van der Waals surface area contributed by atoms with Crippen LogP contribution in [-0.4, -0.2) is 18.3 Å². The molecule has 0 aliphatic heterocycles. The number of nitrogens with zero attached hydrogens (tertiary/aromatic N) is 1. The zero-order valence-electron chi connectivity index (χ0n) is 12.2. The van der Waals surface area contributed by atoms with Crippen molar-refractivity contribution in [1.29, 1.82) is 0 Å². The Kier molecular flexibility index (Phi) is 5.79. The normalized spacial score (nSPS) is 12.2. The van der Waals surface area contributed by atoms with E-state index in [9.17, 15) is 5.11 Å². The van der Waals surface area contributed by atoms with Crippen molar-refractivity contribution < 1.29 is 5.11 Å². The molecule has 0 aliphatic rings. The van der Waals surface area contributed by atoms with Gasteiger partial charge in [-0.05, 0) is 46.1 Å². The molecule has 0 spiro atoms. The first-order chi connectivity index (χ1) is 10.1. The molecule has 3 nitrogen and oxygen atoms in total. The van der Waals surface area contributed by atoms with Crippen LogP contribution in [0.2, 0.25) is 0 Å². The minimum atomic E-state index is 0.00997. The van der Waals surface area contributed by atoms with Crippen molar-refractivity contribution in [1.82, 2.24) is 0 Å². The fourth-order valence-corrected chi connectivity index (χ4v) is 2.92. The summed E-state index contributed by atoms with van der Waals surface area (Å²) in [5.74, 6) is 0. The summed E-state index contributed by atoms with van der Waals surface area (Å²) in [6, 6.07) is 16.4. The van der Waals surface area contributed by atoms with Gasteiger partial charge in [-0.3, -0.25) is 0 Å². The summed E-state index contributed by atoms with van der Waals surface area (Å²) in [6.07, 6.45) is 0. The van der Waals surface area contributed by atoms with Crippen LogP contribution in [-0.2, 0) is 6.54 Å². The monoisotopic (exact) mass is 348 g/mol. The average molecular weight is 349 g/mol. The SMILES string of the molecule is C[C@@H](N)c1ccc(N(CCO)Cc2ccccc2)c(Br)c1. The maximum atomic E-state index is 9.33.